The molecule has 0 spiro atoms. The quantitative estimate of drug-likeness (QED) is 0.0375. The van der Waals surface area contributed by atoms with E-state index in [2.05, 4.69) is 113 Å². The Kier molecular flexibility index (Phi) is 50.5. The van der Waals surface area contributed by atoms with Crippen LogP contribution in [0.25, 0.3) is 0 Å². The SMILES string of the molecule is CCCCC/C=C\C/C=C\CCCCCCCCC(OC(=O)CCCN(C)C)C(O)(CCCCCCCC/C=C\C/C=C\CCCCC)CCCCCCCC/C=C\C/C=C\CCCCC. The average molecular weight is 921 g/mol. The van der Waals surface area contributed by atoms with Crippen molar-refractivity contribution in [2.24, 2.45) is 0 Å². The van der Waals surface area contributed by atoms with E-state index in [0.717, 1.165) is 90.0 Å². The van der Waals surface area contributed by atoms with Crippen LogP contribution in [0.1, 0.15) is 284 Å². The maximum atomic E-state index is 13.3. The van der Waals surface area contributed by atoms with Gasteiger partial charge in [0.05, 0.1) is 0 Å². The number of ether oxygens (including phenoxy) is 1. The van der Waals surface area contributed by atoms with Crippen molar-refractivity contribution in [3.8, 4) is 0 Å². The molecule has 0 saturated heterocycles. The van der Waals surface area contributed by atoms with E-state index in [4.69, 9.17) is 4.74 Å². The molecule has 4 nitrogen and oxygen atoms in total. The highest BCUT2D eigenvalue weighted by molar-refractivity contribution is 5.69. The van der Waals surface area contributed by atoms with E-state index in [1.54, 1.807) is 0 Å². The summed E-state index contributed by atoms with van der Waals surface area (Å²) >= 11 is 0. The Labute approximate surface area is 413 Å². The van der Waals surface area contributed by atoms with Gasteiger partial charge < -0.3 is 14.7 Å². The minimum Gasteiger partial charge on any atom is -0.459 e. The summed E-state index contributed by atoms with van der Waals surface area (Å²) in [5, 5.41) is 12.6. The van der Waals surface area contributed by atoms with Gasteiger partial charge in [0.2, 0.25) is 0 Å². The van der Waals surface area contributed by atoms with E-state index in [0.29, 0.717) is 6.42 Å². The predicted octanol–water partition coefficient (Wildman–Crippen LogP) is 19.6. The number of hydrogen-bond donors (Lipinski definition) is 1. The van der Waals surface area contributed by atoms with Gasteiger partial charge in [0.1, 0.15) is 11.7 Å². The Morgan fingerprint density at radius 1 is 0.424 bits per heavy atom. The first-order valence-corrected chi connectivity index (χ1v) is 28.9. The summed E-state index contributed by atoms with van der Waals surface area (Å²) in [6.45, 7) is 7.66. The molecule has 0 aliphatic rings. The summed E-state index contributed by atoms with van der Waals surface area (Å²) in [4.78, 5) is 15.5. The molecule has 66 heavy (non-hydrogen) atoms. The third-order valence-electron chi connectivity index (χ3n) is 13.1. The molecule has 0 bridgehead atoms. The van der Waals surface area contributed by atoms with Crippen molar-refractivity contribution >= 4 is 5.97 Å². The van der Waals surface area contributed by atoms with Gasteiger partial charge in [-0.15, -0.1) is 0 Å². The minimum absolute atomic E-state index is 0.130. The predicted molar refractivity (Wildman–Crippen MR) is 295 cm³/mol. The van der Waals surface area contributed by atoms with Crippen LogP contribution in [0.5, 0.6) is 0 Å². The van der Waals surface area contributed by atoms with Crippen LogP contribution in [0.2, 0.25) is 0 Å². The number of carbonyl (C=O) groups excluding carboxylic acids is 1. The number of esters is 1. The molecule has 4 heteroatoms. The Hall–Kier alpha value is -2.17. The van der Waals surface area contributed by atoms with Crippen LogP contribution in [0.15, 0.2) is 72.9 Å². The van der Waals surface area contributed by atoms with Gasteiger partial charge in [-0.05, 0) is 149 Å². The molecule has 0 aromatic heterocycles. The van der Waals surface area contributed by atoms with Crippen molar-refractivity contribution in [2.75, 3.05) is 20.6 Å². The van der Waals surface area contributed by atoms with Crippen LogP contribution in [0.4, 0.5) is 0 Å². The lowest BCUT2D eigenvalue weighted by Crippen LogP contribution is -2.45. The Morgan fingerprint density at radius 2 is 0.727 bits per heavy atom. The van der Waals surface area contributed by atoms with Crippen molar-refractivity contribution in [1.82, 2.24) is 4.90 Å². The van der Waals surface area contributed by atoms with E-state index in [1.807, 2.05) is 0 Å². The first-order chi connectivity index (χ1) is 32.4. The van der Waals surface area contributed by atoms with E-state index < -0.39 is 11.7 Å². The molecule has 0 saturated carbocycles. The molecular formula is C62H113NO3. The summed E-state index contributed by atoms with van der Waals surface area (Å²) in [5.74, 6) is -0.130. The van der Waals surface area contributed by atoms with Crippen LogP contribution >= 0.6 is 0 Å². The number of aliphatic hydroxyl groups is 1. The van der Waals surface area contributed by atoms with Gasteiger partial charge in [-0.3, -0.25) is 4.79 Å². The number of unbranched alkanes of at least 4 members (excludes halogenated alkanes) is 27. The average Bonchev–Trinajstić information content (AvgIpc) is 3.30. The van der Waals surface area contributed by atoms with Gasteiger partial charge in [-0.2, -0.15) is 0 Å². The fourth-order valence-electron chi connectivity index (χ4n) is 8.80. The van der Waals surface area contributed by atoms with E-state index in [9.17, 15) is 9.90 Å². The summed E-state index contributed by atoms with van der Waals surface area (Å²) in [6, 6.07) is 0. The fraction of sp³-hybridized carbons (Fsp3) is 0.790. The first-order valence-electron chi connectivity index (χ1n) is 28.9. The molecule has 0 aromatic carbocycles. The summed E-state index contributed by atoms with van der Waals surface area (Å²) < 4.78 is 6.34. The number of rotatable bonds is 51. The molecule has 0 radical (unpaired) electrons. The number of hydrogen-bond acceptors (Lipinski definition) is 4. The molecule has 0 aliphatic heterocycles. The van der Waals surface area contributed by atoms with E-state index in [1.165, 1.54) is 173 Å². The summed E-state index contributed by atoms with van der Waals surface area (Å²) in [5.41, 5.74) is -0.946. The van der Waals surface area contributed by atoms with Crippen LogP contribution in [-0.2, 0) is 9.53 Å². The zero-order chi connectivity index (χ0) is 48.1. The van der Waals surface area contributed by atoms with Gasteiger partial charge in [0, 0.05) is 6.42 Å². The Morgan fingerprint density at radius 3 is 1.06 bits per heavy atom. The molecular weight excluding hydrogens is 807 g/mol. The highest BCUT2D eigenvalue weighted by Crippen LogP contribution is 2.32. The van der Waals surface area contributed by atoms with Crippen LogP contribution < -0.4 is 0 Å². The molecule has 384 valence electrons. The normalized spacial score (nSPS) is 13.2. The molecule has 0 fully saturated rings. The van der Waals surface area contributed by atoms with Gasteiger partial charge in [-0.1, -0.05) is 222 Å². The van der Waals surface area contributed by atoms with Crippen molar-refractivity contribution < 1.29 is 14.6 Å². The smallest absolute Gasteiger partial charge is 0.306 e. The lowest BCUT2D eigenvalue weighted by molar-refractivity contribution is -0.169. The van der Waals surface area contributed by atoms with Crippen molar-refractivity contribution in [2.45, 2.75) is 296 Å². The lowest BCUT2D eigenvalue weighted by atomic mass is 9.82. The van der Waals surface area contributed by atoms with Crippen molar-refractivity contribution in [1.29, 1.82) is 0 Å². The van der Waals surface area contributed by atoms with Gasteiger partial charge in [0.25, 0.3) is 0 Å². The Balaban J connectivity index is 5.12. The summed E-state index contributed by atoms with van der Waals surface area (Å²) in [7, 11) is 4.11. The number of nitrogens with zero attached hydrogens (tertiary/aromatic N) is 1. The lowest BCUT2D eigenvalue weighted by Gasteiger charge is -2.36. The van der Waals surface area contributed by atoms with E-state index >= 15 is 0 Å². The molecule has 0 rings (SSSR count). The highest BCUT2D eigenvalue weighted by atomic mass is 16.6. The second-order valence-electron chi connectivity index (χ2n) is 20.0. The molecule has 1 N–H and O–H groups in total. The first kappa shape index (κ1) is 63.8. The molecule has 0 aromatic rings. The molecule has 0 heterocycles. The second kappa shape index (κ2) is 52.2. The summed E-state index contributed by atoms with van der Waals surface area (Å²) in [6.07, 6.45) is 74.7. The molecule has 0 amide bonds. The third kappa shape index (κ3) is 46.9. The highest BCUT2D eigenvalue weighted by Gasteiger charge is 2.38. The van der Waals surface area contributed by atoms with Crippen molar-refractivity contribution in [3.63, 3.8) is 0 Å². The van der Waals surface area contributed by atoms with Crippen LogP contribution in [-0.4, -0.2) is 48.3 Å². The van der Waals surface area contributed by atoms with Gasteiger partial charge >= 0.3 is 5.97 Å². The van der Waals surface area contributed by atoms with Crippen LogP contribution in [0.3, 0.4) is 0 Å². The molecule has 1 atom stereocenters. The standard InChI is InChI=1S/C62H113NO3/c1-6-9-12-15-18-21-24-27-30-33-36-39-42-45-48-51-55-60(66-61(64)56-54-59-63(4)5)62(65,57-52-49-46-43-40-37-34-31-28-25-22-19-16-13-10-7-2)58-53-50-47-44-41-38-35-32-29-26-23-20-17-14-11-8-3/h18-23,27-32,60,65H,6-17,24-26,33-59H2,1-5H3/b21-18-,22-19-,23-20-,30-27-,31-28-,32-29-. The third-order valence-corrected chi connectivity index (χ3v) is 13.1. The maximum Gasteiger partial charge on any atom is 0.306 e. The molecule has 1 unspecified atom stereocenters. The number of carbonyl (C=O) groups is 1. The van der Waals surface area contributed by atoms with Crippen LogP contribution in [0, 0.1) is 0 Å². The monoisotopic (exact) mass is 920 g/mol. The topological polar surface area (TPSA) is 49.8 Å². The van der Waals surface area contributed by atoms with E-state index in [-0.39, 0.29) is 5.97 Å². The van der Waals surface area contributed by atoms with Gasteiger partial charge in [-0.25, -0.2) is 0 Å². The fourth-order valence-corrected chi connectivity index (χ4v) is 8.80. The maximum absolute atomic E-state index is 13.3. The Bertz CT molecular complexity index is 1130. The zero-order valence-corrected chi connectivity index (χ0v) is 44.9. The largest absolute Gasteiger partial charge is 0.459 e. The minimum atomic E-state index is -0.946. The number of allylic oxidation sites excluding steroid dienone is 12. The van der Waals surface area contributed by atoms with Gasteiger partial charge in [0.15, 0.2) is 0 Å². The zero-order valence-electron chi connectivity index (χ0n) is 44.9. The second-order valence-corrected chi connectivity index (χ2v) is 20.0. The van der Waals surface area contributed by atoms with Crippen molar-refractivity contribution in [3.05, 3.63) is 72.9 Å². The molecule has 0 aliphatic carbocycles.